The van der Waals surface area contributed by atoms with E-state index in [1.165, 1.54) is 0 Å². The van der Waals surface area contributed by atoms with Crippen LogP contribution < -0.4 is 5.32 Å². The Morgan fingerprint density at radius 2 is 1.95 bits per heavy atom. The average Bonchev–Trinajstić information content (AvgIpc) is 2.34. The summed E-state index contributed by atoms with van der Waals surface area (Å²) in [6, 6.07) is 2.53. The minimum atomic E-state index is -4.52. The molecule has 0 heterocycles. The van der Waals surface area contributed by atoms with E-state index in [0.717, 1.165) is 12.1 Å². The number of benzene rings is 1. The van der Waals surface area contributed by atoms with E-state index in [2.05, 4.69) is 5.32 Å². The standard InChI is InChI=1S/C14H13ClF3NO3/c15-11-5-9(14(16,17)18)1-2-10(11)12(20)19-6-7-3-8(4-7)13(21)22/h1-2,5,7-8H,3-4,6H2,(H,19,20)(H,21,22). The Morgan fingerprint density at radius 1 is 1.32 bits per heavy atom. The van der Waals surface area contributed by atoms with Gasteiger partial charge in [0, 0.05) is 6.54 Å². The summed E-state index contributed by atoms with van der Waals surface area (Å²) in [5, 5.41) is 11.0. The van der Waals surface area contributed by atoms with Gasteiger partial charge in [0.15, 0.2) is 0 Å². The number of carboxylic acids is 1. The highest BCUT2D eigenvalue weighted by Gasteiger charge is 2.34. The van der Waals surface area contributed by atoms with Gasteiger partial charge >= 0.3 is 12.1 Å². The van der Waals surface area contributed by atoms with Crippen molar-refractivity contribution >= 4 is 23.5 Å². The number of halogens is 4. The Hall–Kier alpha value is -1.76. The van der Waals surface area contributed by atoms with Crippen molar-refractivity contribution in [3.63, 3.8) is 0 Å². The second kappa shape index (κ2) is 6.16. The van der Waals surface area contributed by atoms with Crippen molar-refractivity contribution in [3.05, 3.63) is 34.3 Å². The number of amides is 1. The lowest BCUT2D eigenvalue weighted by Gasteiger charge is -2.32. The van der Waals surface area contributed by atoms with Gasteiger partial charge in [0.2, 0.25) is 0 Å². The molecular formula is C14H13ClF3NO3. The number of nitrogens with one attached hydrogen (secondary N) is 1. The van der Waals surface area contributed by atoms with E-state index in [0.29, 0.717) is 18.9 Å². The summed E-state index contributed by atoms with van der Waals surface area (Å²) in [4.78, 5) is 22.5. The van der Waals surface area contributed by atoms with Crippen molar-refractivity contribution in [1.29, 1.82) is 0 Å². The lowest BCUT2D eigenvalue weighted by Crippen LogP contribution is -2.38. The molecule has 0 unspecified atom stereocenters. The van der Waals surface area contributed by atoms with Crippen LogP contribution in [0.4, 0.5) is 13.2 Å². The van der Waals surface area contributed by atoms with Crippen molar-refractivity contribution in [2.75, 3.05) is 6.54 Å². The zero-order chi connectivity index (χ0) is 16.5. The molecule has 1 aromatic rings. The smallest absolute Gasteiger partial charge is 0.416 e. The Balaban J connectivity index is 1.92. The molecule has 1 fully saturated rings. The van der Waals surface area contributed by atoms with Crippen molar-refractivity contribution in [2.24, 2.45) is 11.8 Å². The second-order valence-electron chi connectivity index (χ2n) is 5.28. The molecule has 0 radical (unpaired) electrons. The van der Waals surface area contributed by atoms with Gasteiger partial charge in [-0.1, -0.05) is 11.6 Å². The average molecular weight is 336 g/mol. The van der Waals surface area contributed by atoms with Gasteiger partial charge in [0.1, 0.15) is 0 Å². The first-order valence-corrected chi connectivity index (χ1v) is 6.94. The first-order chi connectivity index (χ1) is 10.2. The first-order valence-electron chi connectivity index (χ1n) is 6.56. The van der Waals surface area contributed by atoms with Gasteiger partial charge in [0.25, 0.3) is 5.91 Å². The molecule has 0 bridgehead atoms. The van der Waals surface area contributed by atoms with Crippen LogP contribution >= 0.6 is 11.6 Å². The topological polar surface area (TPSA) is 66.4 Å². The summed E-state index contributed by atoms with van der Waals surface area (Å²) in [6.45, 7) is 0.278. The number of carboxylic acid groups (broad SMARTS) is 1. The molecule has 8 heteroatoms. The molecule has 1 saturated carbocycles. The Morgan fingerprint density at radius 3 is 2.45 bits per heavy atom. The summed E-state index contributed by atoms with van der Waals surface area (Å²) in [6.07, 6.45) is -3.55. The molecule has 2 N–H and O–H groups in total. The highest BCUT2D eigenvalue weighted by molar-refractivity contribution is 6.33. The minimum Gasteiger partial charge on any atom is -0.481 e. The fraction of sp³-hybridized carbons (Fsp3) is 0.429. The van der Waals surface area contributed by atoms with E-state index in [-0.39, 0.29) is 29.0 Å². The molecule has 22 heavy (non-hydrogen) atoms. The van der Waals surface area contributed by atoms with Crippen LogP contribution in [0.3, 0.4) is 0 Å². The molecule has 0 saturated heterocycles. The van der Waals surface area contributed by atoms with Crippen LogP contribution in [0, 0.1) is 11.8 Å². The molecule has 0 atom stereocenters. The van der Waals surface area contributed by atoms with Gasteiger partial charge in [-0.3, -0.25) is 9.59 Å². The first kappa shape index (κ1) is 16.6. The number of aliphatic carboxylic acids is 1. The van der Waals surface area contributed by atoms with Crippen LogP contribution in [0.1, 0.15) is 28.8 Å². The van der Waals surface area contributed by atoms with E-state index in [9.17, 15) is 22.8 Å². The van der Waals surface area contributed by atoms with Crippen LogP contribution in [0.5, 0.6) is 0 Å². The van der Waals surface area contributed by atoms with E-state index >= 15 is 0 Å². The van der Waals surface area contributed by atoms with Crippen molar-refractivity contribution in [3.8, 4) is 0 Å². The molecule has 2 rings (SSSR count). The fourth-order valence-electron chi connectivity index (χ4n) is 2.31. The Kier molecular flexibility index (Phi) is 4.65. The van der Waals surface area contributed by atoms with Crippen LogP contribution in [-0.4, -0.2) is 23.5 Å². The number of hydrogen-bond donors (Lipinski definition) is 2. The third-order valence-electron chi connectivity index (χ3n) is 3.68. The Bertz CT molecular complexity index is 597. The lowest BCUT2D eigenvalue weighted by atomic mass is 9.75. The van der Waals surface area contributed by atoms with Crippen LogP contribution in [0.25, 0.3) is 0 Å². The summed E-state index contributed by atoms with van der Waals surface area (Å²) in [5.74, 6) is -1.74. The van der Waals surface area contributed by atoms with Crippen molar-refractivity contribution in [2.45, 2.75) is 19.0 Å². The third-order valence-corrected chi connectivity index (χ3v) is 3.99. The maximum absolute atomic E-state index is 12.5. The monoisotopic (exact) mass is 335 g/mol. The molecule has 1 amide bonds. The maximum Gasteiger partial charge on any atom is 0.416 e. The molecule has 0 spiro atoms. The van der Waals surface area contributed by atoms with Crippen molar-refractivity contribution < 1.29 is 27.9 Å². The highest BCUT2D eigenvalue weighted by atomic mass is 35.5. The highest BCUT2D eigenvalue weighted by Crippen LogP contribution is 2.34. The second-order valence-corrected chi connectivity index (χ2v) is 5.68. The zero-order valence-electron chi connectivity index (χ0n) is 11.3. The minimum absolute atomic E-state index is 0.0382. The number of alkyl halides is 3. The quantitative estimate of drug-likeness (QED) is 0.888. The molecule has 1 aliphatic carbocycles. The van der Waals surface area contributed by atoms with Gasteiger partial charge in [-0.2, -0.15) is 13.2 Å². The van der Waals surface area contributed by atoms with Crippen LogP contribution in [0.2, 0.25) is 5.02 Å². The largest absolute Gasteiger partial charge is 0.481 e. The van der Waals surface area contributed by atoms with Crippen LogP contribution in [-0.2, 0) is 11.0 Å². The fourth-order valence-corrected chi connectivity index (χ4v) is 2.58. The van der Waals surface area contributed by atoms with Gasteiger partial charge < -0.3 is 10.4 Å². The molecule has 120 valence electrons. The van der Waals surface area contributed by atoms with E-state index in [1.54, 1.807) is 0 Å². The molecule has 0 aliphatic heterocycles. The number of rotatable bonds is 4. The summed E-state index contributed by atoms with van der Waals surface area (Å²) in [7, 11) is 0. The van der Waals surface area contributed by atoms with Gasteiger partial charge in [-0.05, 0) is 37.0 Å². The van der Waals surface area contributed by atoms with Gasteiger partial charge in [0.05, 0.1) is 22.1 Å². The SMILES string of the molecule is O=C(NCC1CC(C(=O)O)C1)c1ccc(C(F)(F)F)cc1Cl. The number of carbonyl (C=O) groups is 2. The molecule has 1 aromatic carbocycles. The molecular weight excluding hydrogens is 323 g/mol. The normalized spacial score (nSPS) is 21.1. The zero-order valence-corrected chi connectivity index (χ0v) is 12.0. The molecule has 0 aromatic heterocycles. The summed E-state index contributed by atoms with van der Waals surface area (Å²) in [5.41, 5.74) is -0.957. The summed E-state index contributed by atoms with van der Waals surface area (Å²) < 4.78 is 37.5. The van der Waals surface area contributed by atoms with E-state index in [4.69, 9.17) is 16.7 Å². The van der Waals surface area contributed by atoms with Gasteiger partial charge in [-0.15, -0.1) is 0 Å². The lowest BCUT2D eigenvalue weighted by molar-refractivity contribution is -0.146. The van der Waals surface area contributed by atoms with E-state index < -0.39 is 23.6 Å². The predicted molar refractivity (Wildman–Crippen MR) is 72.6 cm³/mol. The number of carbonyl (C=O) groups excluding carboxylic acids is 1. The molecule has 4 nitrogen and oxygen atoms in total. The van der Waals surface area contributed by atoms with E-state index in [1.807, 2.05) is 0 Å². The van der Waals surface area contributed by atoms with Crippen molar-refractivity contribution in [1.82, 2.24) is 5.32 Å². The maximum atomic E-state index is 12.5. The Labute approximate surface area is 129 Å². The predicted octanol–water partition coefficient (Wildman–Crippen LogP) is 3.20. The summed E-state index contributed by atoms with van der Waals surface area (Å²) >= 11 is 5.72. The third kappa shape index (κ3) is 3.71. The number of hydrogen-bond acceptors (Lipinski definition) is 2. The molecule has 1 aliphatic rings. The van der Waals surface area contributed by atoms with Crippen LogP contribution in [0.15, 0.2) is 18.2 Å². The van der Waals surface area contributed by atoms with Gasteiger partial charge in [-0.25, -0.2) is 0 Å².